The third-order valence-electron chi connectivity index (χ3n) is 2.52. The molecule has 1 aliphatic rings. The van der Waals surface area contributed by atoms with Crippen LogP contribution in [0.1, 0.15) is 16.1 Å². The maximum absolute atomic E-state index is 11.3. The van der Waals surface area contributed by atoms with Gasteiger partial charge < -0.3 is 14.8 Å². The summed E-state index contributed by atoms with van der Waals surface area (Å²) in [5.74, 6) is 0.0454. The van der Waals surface area contributed by atoms with E-state index in [0.29, 0.717) is 15.9 Å². The number of hydrogen-bond donors (Lipinski definition) is 1. The second kappa shape index (κ2) is 5.66. The minimum atomic E-state index is -0.454. The number of nitrogens with zero attached hydrogens (tertiary/aromatic N) is 1. The molecule has 0 amide bonds. The van der Waals surface area contributed by atoms with E-state index in [4.69, 9.17) is 16.3 Å². The minimum Gasteiger partial charge on any atom is -0.465 e. The first-order valence-corrected chi connectivity index (χ1v) is 6.46. The summed E-state index contributed by atoms with van der Waals surface area (Å²) in [6.07, 6.45) is 1.05. The molecule has 1 aromatic rings. The first kappa shape index (κ1) is 12.6. The van der Waals surface area contributed by atoms with Crippen LogP contribution in [-0.2, 0) is 9.47 Å². The molecule has 1 atom stereocenters. The Balaban J connectivity index is 1.94. The highest BCUT2D eigenvalue weighted by molar-refractivity contribution is 7.18. The Kier molecular flexibility index (Phi) is 4.20. The number of anilines is 1. The van der Waals surface area contributed by atoms with Crippen LogP contribution < -0.4 is 5.32 Å². The lowest BCUT2D eigenvalue weighted by Crippen LogP contribution is -2.13. The standard InChI is InChI=1S/C10H13ClN2O3S/c1-15-9(14)7-8(11)13-10(17-7)12-4-6-2-3-16-5-6/h6H,2-5H2,1H3,(H,12,13). The third-order valence-corrected chi connectivity index (χ3v) is 3.90. The molecule has 1 aliphatic heterocycles. The molecule has 1 unspecified atom stereocenters. The van der Waals surface area contributed by atoms with Crippen LogP contribution in [0.5, 0.6) is 0 Å². The molecule has 94 valence electrons. The van der Waals surface area contributed by atoms with Gasteiger partial charge in [-0.3, -0.25) is 0 Å². The molecule has 2 rings (SSSR count). The van der Waals surface area contributed by atoms with Gasteiger partial charge in [0.25, 0.3) is 0 Å². The number of hydrogen-bond acceptors (Lipinski definition) is 6. The van der Waals surface area contributed by atoms with Crippen molar-refractivity contribution in [2.45, 2.75) is 6.42 Å². The fraction of sp³-hybridized carbons (Fsp3) is 0.600. The first-order chi connectivity index (χ1) is 8.20. The molecule has 1 N–H and O–H groups in total. The van der Waals surface area contributed by atoms with Crippen molar-refractivity contribution in [1.82, 2.24) is 4.98 Å². The highest BCUT2D eigenvalue weighted by atomic mass is 35.5. The van der Waals surface area contributed by atoms with E-state index in [-0.39, 0.29) is 5.15 Å². The lowest BCUT2D eigenvalue weighted by Gasteiger charge is -2.07. The SMILES string of the molecule is COC(=O)c1sc(NCC2CCOC2)nc1Cl. The number of carbonyl (C=O) groups excluding carboxylic acids is 1. The van der Waals surface area contributed by atoms with Crippen molar-refractivity contribution in [1.29, 1.82) is 0 Å². The fourth-order valence-electron chi connectivity index (χ4n) is 1.57. The van der Waals surface area contributed by atoms with Crippen LogP contribution in [0.25, 0.3) is 0 Å². The molecule has 1 saturated heterocycles. The number of carbonyl (C=O) groups is 1. The van der Waals surface area contributed by atoms with E-state index in [1.54, 1.807) is 0 Å². The predicted molar refractivity (Wildman–Crippen MR) is 65.9 cm³/mol. The number of aromatic nitrogens is 1. The molecule has 2 heterocycles. The number of esters is 1. The second-order valence-corrected chi connectivity index (χ2v) is 5.10. The largest absolute Gasteiger partial charge is 0.465 e. The summed E-state index contributed by atoms with van der Waals surface area (Å²) in [6, 6.07) is 0. The molecule has 1 aromatic heterocycles. The molecular weight excluding hydrogens is 264 g/mol. The van der Waals surface area contributed by atoms with Gasteiger partial charge in [0.05, 0.1) is 13.7 Å². The lowest BCUT2D eigenvalue weighted by atomic mass is 10.1. The maximum atomic E-state index is 11.3. The Labute approximate surface area is 108 Å². The van der Waals surface area contributed by atoms with Crippen LogP contribution in [-0.4, -0.2) is 37.8 Å². The summed E-state index contributed by atoms with van der Waals surface area (Å²) in [4.78, 5) is 15.7. The van der Waals surface area contributed by atoms with Gasteiger partial charge in [0.15, 0.2) is 15.2 Å². The third kappa shape index (κ3) is 3.08. The maximum Gasteiger partial charge on any atom is 0.351 e. The van der Waals surface area contributed by atoms with E-state index in [1.165, 1.54) is 18.4 Å². The Morgan fingerprint density at radius 1 is 1.76 bits per heavy atom. The number of thiazole rings is 1. The fourth-order valence-corrected chi connectivity index (χ4v) is 2.68. The van der Waals surface area contributed by atoms with Crippen molar-refractivity contribution in [2.24, 2.45) is 5.92 Å². The van der Waals surface area contributed by atoms with Crippen molar-refractivity contribution in [3.05, 3.63) is 10.0 Å². The van der Waals surface area contributed by atoms with E-state index < -0.39 is 5.97 Å². The van der Waals surface area contributed by atoms with Crippen molar-refractivity contribution < 1.29 is 14.3 Å². The van der Waals surface area contributed by atoms with E-state index in [2.05, 4.69) is 15.0 Å². The molecule has 0 aliphatic carbocycles. The molecular formula is C10H13ClN2O3S. The summed E-state index contributed by atoms with van der Waals surface area (Å²) in [7, 11) is 1.32. The van der Waals surface area contributed by atoms with Gasteiger partial charge in [-0.1, -0.05) is 22.9 Å². The van der Waals surface area contributed by atoms with Crippen molar-refractivity contribution >= 4 is 34.0 Å². The van der Waals surface area contributed by atoms with E-state index in [1.807, 2.05) is 0 Å². The van der Waals surface area contributed by atoms with E-state index in [0.717, 1.165) is 26.2 Å². The van der Waals surface area contributed by atoms with Crippen LogP contribution in [0.4, 0.5) is 5.13 Å². The Bertz CT molecular complexity index is 404. The van der Waals surface area contributed by atoms with E-state index >= 15 is 0 Å². The zero-order valence-electron chi connectivity index (χ0n) is 9.36. The van der Waals surface area contributed by atoms with Crippen molar-refractivity contribution in [2.75, 3.05) is 32.2 Å². The van der Waals surface area contributed by atoms with Gasteiger partial charge in [-0.2, -0.15) is 0 Å². The molecule has 17 heavy (non-hydrogen) atoms. The van der Waals surface area contributed by atoms with E-state index in [9.17, 15) is 4.79 Å². The summed E-state index contributed by atoms with van der Waals surface area (Å²) in [5.41, 5.74) is 0. The molecule has 5 nitrogen and oxygen atoms in total. The molecule has 0 bridgehead atoms. The zero-order valence-corrected chi connectivity index (χ0v) is 10.9. The zero-order chi connectivity index (χ0) is 12.3. The van der Waals surface area contributed by atoms with Gasteiger partial charge >= 0.3 is 5.97 Å². The topological polar surface area (TPSA) is 60.5 Å². The van der Waals surface area contributed by atoms with Crippen LogP contribution in [0.3, 0.4) is 0 Å². The molecule has 7 heteroatoms. The average Bonchev–Trinajstić information content (AvgIpc) is 2.94. The van der Waals surface area contributed by atoms with Crippen LogP contribution in [0, 0.1) is 5.92 Å². The molecule has 0 radical (unpaired) electrons. The van der Waals surface area contributed by atoms with Crippen LogP contribution >= 0.6 is 22.9 Å². The number of methoxy groups -OCH3 is 1. The molecule has 1 fully saturated rings. The summed E-state index contributed by atoms with van der Waals surface area (Å²) >= 11 is 7.05. The number of halogens is 1. The van der Waals surface area contributed by atoms with Gasteiger partial charge in [-0.05, 0) is 6.42 Å². The van der Waals surface area contributed by atoms with Gasteiger partial charge in [-0.15, -0.1) is 0 Å². The quantitative estimate of drug-likeness (QED) is 0.853. The minimum absolute atomic E-state index is 0.187. The number of ether oxygens (including phenoxy) is 2. The molecule has 0 spiro atoms. The molecule has 0 aromatic carbocycles. The Morgan fingerprint density at radius 2 is 2.59 bits per heavy atom. The van der Waals surface area contributed by atoms with Gasteiger partial charge in [0.2, 0.25) is 0 Å². The van der Waals surface area contributed by atoms with Gasteiger partial charge in [-0.25, -0.2) is 9.78 Å². The monoisotopic (exact) mass is 276 g/mol. The normalized spacial score (nSPS) is 19.3. The smallest absolute Gasteiger partial charge is 0.351 e. The van der Waals surface area contributed by atoms with Crippen molar-refractivity contribution in [3.8, 4) is 0 Å². The summed E-state index contributed by atoms with van der Waals surface area (Å²) in [5, 5.41) is 3.99. The van der Waals surface area contributed by atoms with Crippen LogP contribution in [0.15, 0.2) is 0 Å². The second-order valence-electron chi connectivity index (χ2n) is 3.74. The summed E-state index contributed by atoms with van der Waals surface area (Å²) in [6.45, 7) is 2.37. The number of nitrogens with one attached hydrogen (secondary N) is 1. The van der Waals surface area contributed by atoms with Gasteiger partial charge in [0, 0.05) is 19.1 Å². The molecule has 0 saturated carbocycles. The average molecular weight is 277 g/mol. The number of rotatable bonds is 4. The Morgan fingerprint density at radius 3 is 3.24 bits per heavy atom. The summed E-state index contributed by atoms with van der Waals surface area (Å²) < 4.78 is 9.88. The first-order valence-electron chi connectivity index (χ1n) is 5.27. The lowest BCUT2D eigenvalue weighted by molar-refractivity contribution is 0.0606. The predicted octanol–water partition coefficient (Wildman–Crippen LogP) is 2.03. The Hall–Kier alpha value is -0.850. The van der Waals surface area contributed by atoms with Crippen molar-refractivity contribution in [3.63, 3.8) is 0 Å². The highest BCUT2D eigenvalue weighted by Crippen LogP contribution is 2.28. The highest BCUT2D eigenvalue weighted by Gasteiger charge is 2.19. The van der Waals surface area contributed by atoms with Crippen LogP contribution in [0.2, 0.25) is 5.15 Å². The van der Waals surface area contributed by atoms with Gasteiger partial charge in [0.1, 0.15) is 0 Å².